The number of rotatable bonds is 6. The van der Waals surface area contributed by atoms with Crippen molar-refractivity contribution in [1.29, 1.82) is 0 Å². The quantitative estimate of drug-likeness (QED) is 0.670. The van der Waals surface area contributed by atoms with Crippen LogP contribution < -0.4 is 5.32 Å². The molecule has 0 fully saturated rings. The molecule has 0 unspecified atom stereocenters. The highest BCUT2D eigenvalue weighted by Gasteiger charge is 2.21. The second kappa shape index (κ2) is 8.03. The fourth-order valence-electron chi connectivity index (χ4n) is 2.71. The zero-order valence-electron chi connectivity index (χ0n) is 15.6. The number of para-hydroxylation sites is 1. The van der Waals surface area contributed by atoms with E-state index in [1.807, 2.05) is 44.2 Å². The van der Waals surface area contributed by atoms with Gasteiger partial charge in [0, 0.05) is 11.9 Å². The molecule has 0 radical (unpaired) electrons. The number of carbonyl (C=O) groups excluding carboxylic acids is 2. The van der Waals surface area contributed by atoms with E-state index in [0.717, 1.165) is 12.2 Å². The first-order valence-electron chi connectivity index (χ1n) is 8.95. The van der Waals surface area contributed by atoms with Crippen molar-refractivity contribution >= 4 is 22.8 Å². The standard InChI is InChI=1S/C21H22N2O4/c1-4-11-22-20(24)14(3)27-21(25)16-12-18(19-10-9-13(2)26-19)23-17-8-6-5-7-15(16)17/h5-10,12,14H,4,11H2,1-3H3,(H,22,24)/t14-/m0/s1. The van der Waals surface area contributed by atoms with Crippen molar-refractivity contribution in [2.24, 2.45) is 0 Å². The van der Waals surface area contributed by atoms with Crippen LogP contribution in [0, 0.1) is 6.92 Å². The number of carbonyl (C=O) groups is 2. The monoisotopic (exact) mass is 366 g/mol. The molecule has 27 heavy (non-hydrogen) atoms. The lowest BCUT2D eigenvalue weighted by Gasteiger charge is -2.14. The van der Waals surface area contributed by atoms with Gasteiger partial charge in [-0.25, -0.2) is 9.78 Å². The molecular formula is C21H22N2O4. The lowest BCUT2D eigenvalue weighted by atomic mass is 10.1. The summed E-state index contributed by atoms with van der Waals surface area (Å²) in [6.45, 7) is 5.90. The highest BCUT2D eigenvalue weighted by atomic mass is 16.5. The molecule has 6 nitrogen and oxygen atoms in total. The summed E-state index contributed by atoms with van der Waals surface area (Å²) in [6.07, 6.45) is -0.0712. The van der Waals surface area contributed by atoms with Gasteiger partial charge >= 0.3 is 5.97 Å². The van der Waals surface area contributed by atoms with Crippen molar-refractivity contribution in [3.8, 4) is 11.5 Å². The maximum absolute atomic E-state index is 12.8. The summed E-state index contributed by atoms with van der Waals surface area (Å²) in [4.78, 5) is 29.4. The van der Waals surface area contributed by atoms with Gasteiger partial charge in [0.1, 0.15) is 11.5 Å². The van der Waals surface area contributed by atoms with Crippen molar-refractivity contribution in [3.63, 3.8) is 0 Å². The molecule has 0 saturated heterocycles. The number of hydrogen-bond acceptors (Lipinski definition) is 5. The maximum Gasteiger partial charge on any atom is 0.339 e. The summed E-state index contributed by atoms with van der Waals surface area (Å²) in [7, 11) is 0. The smallest absolute Gasteiger partial charge is 0.339 e. The van der Waals surface area contributed by atoms with E-state index in [2.05, 4.69) is 10.3 Å². The van der Waals surface area contributed by atoms with Crippen molar-refractivity contribution in [2.45, 2.75) is 33.3 Å². The first-order chi connectivity index (χ1) is 13.0. The number of esters is 1. The molecule has 1 amide bonds. The number of hydrogen-bond donors (Lipinski definition) is 1. The van der Waals surface area contributed by atoms with E-state index in [-0.39, 0.29) is 5.91 Å². The summed E-state index contributed by atoms with van der Waals surface area (Å²) in [6, 6.07) is 12.6. The SMILES string of the molecule is CCCNC(=O)[C@H](C)OC(=O)c1cc(-c2ccc(C)o2)nc2ccccc12. The van der Waals surface area contributed by atoms with Crippen LogP contribution in [0.2, 0.25) is 0 Å². The Kier molecular flexibility index (Phi) is 5.54. The Hall–Kier alpha value is -3.15. The largest absolute Gasteiger partial charge is 0.460 e. The summed E-state index contributed by atoms with van der Waals surface area (Å²) >= 11 is 0. The van der Waals surface area contributed by atoms with Crippen LogP contribution in [0.25, 0.3) is 22.4 Å². The summed E-state index contributed by atoms with van der Waals surface area (Å²) in [5.74, 6) is 0.439. The highest BCUT2D eigenvalue weighted by Crippen LogP contribution is 2.27. The molecule has 2 heterocycles. The molecule has 6 heteroatoms. The lowest BCUT2D eigenvalue weighted by Crippen LogP contribution is -2.36. The third-order valence-electron chi connectivity index (χ3n) is 4.13. The number of fused-ring (bicyclic) bond motifs is 1. The van der Waals surface area contributed by atoms with Crippen LogP contribution in [0.3, 0.4) is 0 Å². The number of pyridine rings is 1. The molecule has 1 atom stereocenters. The zero-order valence-corrected chi connectivity index (χ0v) is 15.6. The molecule has 0 saturated carbocycles. The molecule has 0 aliphatic heterocycles. The summed E-state index contributed by atoms with van der Waals surface area (Å²) < 4.78 is 11.0. The Morgan fingerprint density at radius 1 is 1.22 bits per heavy atom. The highest BCUT2D eigenvalue weighted by molar-refractivity contribution is 6.05. The van der Waals surface area contributed by atoms with Crippen LogP contribution in [0.5, 0.6) is 0 Å². The first-order valence-corrected chi connectivity index (χ1v) is 8.95. The first kappa shape index (κ1) is 18.6. The molecular weight excluding hydrogens is 344 g/mol. The van der Waals surface area contributed by atoms with Gasteiger partial charge in [-0.3, -0.25) is 4.79 Å². The number of furan rings is 1. The number of aromatic nitrogens is 1. The van der Waals surface area contributed by atoms with E-state index >= 15 is 0 Å². The topological polar surface area (TPSA) is 81.4 Å². The molecule has 3 rings (SSSR count). The van der Waals surface area contributed by atoms with Crippen molar-refractivity contribution in [2.75, 3.05) is 6.54 Å². The lowest BCUT2D eigenvalue weighted by molar-refractivity contribution is -0.129. The van der Waals surface area contributed by atoms with Gasteiger partial charge in [-0.05, 0) is 44.5 Å². The van der Waals surface area contributed by atoms with E-state index in [1.165, 1.54) is 0 Å². The Bertz CT molecular complexity index is 977. The molecule has 2 aromatic heterocycles. The van der Waals surface area contributed by atoms with Gasteiger partial charge in [0.15, 0.2) is 11.9 Å². The van der Waals surface area contributed by atoms with Crippen LogP contribution >= 0.6 is 0 Å². The summed E-state index contributed by atoms with van der Waals surface area (Å²) in [5.41, 5.74) is 1.54. The van der Waals surface area contributed by atoms with Gasteiger partial charge in [-0.15, -0.1) is 0 Å². The fraction of sp³-hybridized carbons (Fsp3) is 0.286. The zero-order chi connectivity index (χ0) is 19.4. The van der Waals surface area contributed by atoms with E-state index in [9.17, 15) is 9.59 Å². The van der Waals surface area contributed by atoms with Crippen molar-refractivity contribution < 1.29 is 18.7 Å². The van der Waals surface area contributed by atoms with Crippen LogP contribution in [-0.2, 0) is 9.53 Å². The number of amides is 1. The Morgan fingerprint density at radius 3 is 2.70 bits per heavy atom. The van der Waals surface area contributed by atoms with E-state index < -0.39 is 12.1 Å². The number of nitrogens with one attached hydrogen (secondary N) is 1. The van der Waals surface area contributed by atoms with Crippen LogP contribution in [0.15, 0.2) is 46.9 Å². The predicted molar refractivity (Wildman–Crippen MR) is 102 cm³/mol. The molecule has 0 bridgehead atoms. The minimum absolute atomic E-state index is 0.314. The third kappa shape index (κ3) is 4.16. The minimum Gasteiger partial charge on any atom is -0.460 e. The Balaban J connectivity index is 1.94. The molecule has 0 spiro atoms. The molecule has 0 aliphatic carbocycles. The van der Waals surface area contributed by atoms with Crippen LogP contribution in [-0.4, -0.2) is 29.5 Å². The normalized spacial score (nSPS) is 12.0. The average molecular weight is 366 g/mol. The van der Waals surface area contributed by atoms with Gasteiger partial charge in [-0.1, -0.05) is 25.1 Å². The second-order valence-electron chi connectivity index (χ2n) is 6.32. The summed E-state index contributed by atoms with van der Waals surface area (Å²) in [5, 5.41) is 3.39. The second-order valence-corrected chi connectivity index (χ2v) is 6.32. The number of benzene rings is 1. The van der Waals surface area contributed by atoms with E-state index in [0.29, 0.717) is 34.5 Å². The maximum atomic E-state index is 12.8. The van der Waals surface area contributed by atoms with E-state index in [4.69, 9.17) is 9.15 Å². The number of ether oxygens (including phenoxy) is 1. The van der Waals surface area contributed by atoms with Crippen LogP contribution in [0.4, 0.5) is 0 Å². The molecule has 0 aliphatic rings. The third-order valence-corrected chi connectivity index (χ3v) is 4.13. The molecule has 3 aromatic rings. The van der Waals surface area contributed by atoms with Gasteiger partial charge < -0.3 is 14.5 Å². The number of nitrogens with zero attached hydrogens (tertiary/aromatic N) is 1. The Morgan fingerprint density at radius 2 is 2.00 bits per heavy atom. The number of aryl methyl sites for hydroxylation is 1. The average Bonchev–Trinajstić information content (AvgIpc) is 3.11. The van der Waals surface area contributed by atoms with Gasteiger partial charge in [0.25, 0.3) is 5.91 Å². The van der Waals surface area contributed by atoms with Gasteiger partial charge in [0.2, 0.25) is 0 Å². The molecule has 1 aromatic carbocycles. The predicted octanol–water partition coefficient (Wildman–Crippen LogP) is 3.87. The molecule has 140 valence electrons. The fourth-order valence-corrected chi connectivity index (χ4v) is 2.71. The van der Waals surface area contributed by atoms with Crippen molar-refractivity contribution in [3.05, 3.63) is 53.8 Å². The Labute approximate surface area is 157 Å². The van der Waals surface area contributed by atoms with Crippen LogP contribution in [0.1, 0.15) is 36.4 Å². The van der Waals surface area contributed by atoms with E-state index in [1.54, 1.807) is 19.1 Å². The minimum atomic E-state index is -0.884. The molecule has 1 N–H and O–H groups in total. The van der Waals surface area contributed by atoms with Crippen molar-refractivity contribution in [1.82, 2.24) is 10.3 Å². The van der Waals surface area contributed by atoms with Gasteiger partial charge in [-0.2, -0.15) is 0 Å². The van der Waals surface area contributed by atoms with Gasteiger partial charge in [0.05, 0.1) is 11.1 Å².